The first kappa shape index (κ1) is 19.0. The van der Waals surface area contributed by atoms with Crippen molar-refractivity contribution in [2.75, 3.05) is 4.90 Å². The number of anilines is 2. The number of aromatic nitrogens is 1. The highest BCUT2D eigenvalue weighted by atomic mass is 35.5. The highest BCUT2D eigenvalue weighted by Gasteiger charge is 2.18. The zero-order chi connectivity index (χ0) is 18.5. The SMILES string of the molecule is CC(=O)N(c1ccccc1)c1nc(CSC(C)c2ccccc2Cl)cs1. The van der Waals surface area contributed by atoms with Gasteiger partial charge in [-0.2, -0.15) is 0 Å². The Morgan fingerprint density at radius 1 is 1.19 bits per heavy atom. The summed E-state index contributed by atoms with van der Waals surface area (Å²) < 4.78 is 0. The molecule has 1 unspecified atom stereocenters. The normalized spacial score (nSPS) is 12.0. The quantitative estimate of drug-likeness (QED) is 0.473. The van der Waals surface area contributed by atoms with Crippen LogP contribution in [0.25, 0.3) is 0 Å². The monoisotopic (exact) mass is 402 g/mol. The van der Waals surface area contributed by atoms with Gasteiger partial charge in [-0.1, -0.05) is 48.0 Å². The van der Waals surface area contributed by atoms with Crippen molar-refractivity contribution in [3.8, 4) is 0 Å². The maximum atomic E-state index is 12.1. The zero-order valence-corrected chi connectivity index (χ0v) is 16.9. The third-order valence-electron chi connectivity index (χ3n) is 3.88. The van der Waals surface area contributed by atoms with Crippen molar-refractivity contribution in [2.24, 2.45) is 0 Å². The van der Waals surface area contributed by atoms with E-state index in [-0.39, 0.29) is 11.2 Å². The Hall–Kier alpha value is -1.82. The minimum absolute atomic E-state index is 0.0470. The van der Waals surface area contributed by atoms with Crippen molar-refractivity contribution in [1.29, 1.82) is 0 Å². The van der Waals surface area contributed by atoms with Crippen molar-refractivity contribution < 1.29 is 4.79 Å². The highest BCUT2D eigenvalue weighted by molar-refractivity contribution is 7.98. The molecule has 0 radical (unpaired) electrons. The van der Waals surface area contributed by atoms with Gasteiger partial charge in [0.2, 0.25) is 5.91 Å². The largest absolute Gasteiger partial charge is 0.274 e. The van der Waals surface area contributed by atoms with Gasteiger partial charge in [0, 0.05) is 28.3 Å². The molecule has 1 atom stereocenters. The van der Waals surface area contributed by atoms with E-state index in [2.05, 4.69) is 18.0 Å². The van der Waals surface area contributed by atoms with Crippen LogP contribution in [-0.4, -0.2) is 10.9 Å². The summed E-state index contributed by atoms with van der Waals surface area (Å²) in [7, 11) is 0. The molecule has 0 saturated carbocycles. The Kier molecular flexibility index (Phi) is 6.35. The second-order valence-corrected chi connectivity index (χ2v) is 8.36. The third-order valence-corrected chi connectivity index (χ3v) is 6.32. The molecule has 1 aromatic heterocycles. The molecule has 0 bridgehead atoms. The number of nitrogens with zero attached hydrogens (tertiary/aromatic N) is 2. The van der Waals surface area contributed by atoms with Crippen LogP contribution in [0, 0.1) is 0 Å². The van der Waals surface area contributed by atoms with Gasteiger partial charge in [-0.3, -0.25) is 9.69 Å². The molecule has 0 N–H and O–H groups in total. The molecule has 1 amide bonds. The van der Waals surface area contributed by atoms with E-state index in [4.69, 9.17) is 11.6 Å². The molecule has 3 nitrogen and oxygen atoms in total. The number of carbonyl (C=O) groups is 1. The average Bonchev–Trinajstić information content (AvgIpc) is 3.09. The molecule has 134 valence electrons. The summed E-state index contributed by atoms with van der Waals surface area (Å²) in [5, 5.41) is 3.77. The molecule has 0 fully saturated rings. The molecule has 1 heterocycles. The van der Waals surface area contributed by atoms with Gasteiger partial charge in [0.25, 0.3) is 0 Å². The van der Waals surface area contributed by atoms with Gasteiger partial charge < -0.3 is 0 Å². The molecular formula is C20H19ClN2OS2. The molecule has 2 aromatic carbocycles. The van der Waals surface area contributed by atoms with Crippen LogP contribution in [0.15, 0.2) is 60.0 Å². The predicted molar refractivity (Wildman–Crippen MR) is 113 cm³/mol. The van der Waals surface area contributed by atoms with Crippen molar-refractivity contribution in [3.05, 3.63) is 76.3 Å². The lowest BCUT2D eigenvalue weighted by molar-refractivity contribution is -0.115. The summed E-state index contributed by atoms with van der Waals surface area (Å²) in [6.45, 7) is 3.70. The Morgan fingerprint density at radius 2 is 1.88 bits per heavy atom. The summed E-state index contributed by atoms with van der Waals surface area (Å²) in [5.74, 6) is 0.720. The molecule has 0 aliphatic rings. The van der Waals surface area contributed by atoms with E-state index >= 15 is 0 Å². The van der Waals surface area contributed by atoms with E-state index in [1.807, 2.05) is 53.9 Å². The van der Waals surface area contributed by atoms with E-state index in [1.54, 1.807) is 23.6 Å². The highest BCUT2D eigenvalue weighted by Crippen LogP contribution is 2.36. The number of rotatable bonds is 6. The topological polar surface area (TPSA) is 33.2 Å². The first-order valence-electron chi connectivity index (χ1n) is 8.22. The molecule has 0 aliphatic carbocycles. The minimum Gasteiger partial charge on any atom is -0.274 e. The van der Waals surface area contributed by atoms with E-state index in [0.29, 0.717) is 5.13 Å². The van der Waals surface area contributed by atoms with Crippen LogP contribution in [0.2, 0.25) is 5.02 Å². The Morgan fingerprint density at radius 3 is 2.58 bits per heavy atom. The number of thiazole rings is 1. The number of benzene rings is 2. The minimum atomic E-state index is -0.0470. The summed E-state index contributed by atoms with van der Waals surface area (Å²) in [6.07, 6.45) is 0. The lowest BCUT2D eigenvalue weighted by Gasteiger charge is -2.17. The molecule has 3 aromatic rings. The van der Waals surface area contributed by atoms with Gasteiger partial charge in [-0.05, 0) is 30.7 Å². The molecule has 3 rings (SSSR count). The number of hydrogen-bond donors (Lipinski definition) is 0. The zero-order valence-electron chi connectivity index (χ0n) is 14.6. The van der Waals surface area contributed by atoms with Crippen LogP contribution in [0.1, 0.15) is 30.4 Å². The van der Waals surface area contributed by atoms with E-state index in [1.165, 1.54) is 11.3 Å². The number of hydrogen-bond acceptors (Lipinski definition) is 4. The summed E-state index contributed by atoms with van der Waals surface area (Å²) in [6, 6.07) is 17.5. The number of amides is 1. The molecule has 26 heavy (non-hydrogen) atoms. The lowest BCUT2D eigenvalue weighted by Crippen LogP contribution is -2.22. The Bertz CT molecular complexity index is 882. The number of para-hydroxylation sites is 1. The second kappa shape index (κ2) is 8.71. The lowest BCUT2D eigenvalue weighted by atomic mass is 10.2. The molecule has 0 saturated heterocycles. The van der Waals surface area contributed by atoms with Crippen molar-refractivity contribution >= 4 is 51.4 Å². The van der Waals surface area contributed by atoms with Crippen molar-refractivity contribution in [3.63, 3.8) is 0 Å². The van der Waals surface area contributed by atoms with Crippen LogP contribution in [0.4, 0.5) is 10.8 Å². The van der Waals surface area contributed by atoms with Crippen LogP contribution in [0.5, 0.6) is 0 Å². The first-order valence-corrected chi connectivity index (χ1v) is 10.5. The molecular weight excluding hydrogens is 384 g/mol. The predicted octanol–water partition coefficient (Wildman–Crippen LogP) is 6.48. The maximum Gasteiger partial charge on any atom is 0.230 e. The van der Waals surface area contributed by atoms with Gasteiger partial charge in [0.15, 0.2) is 5.13 Å². The fourth-order valence-electron chi connectivity index (χ4n) is 2.57. The fraction of sp³-hybridized carbons (Fsp3) is 0.200. The van der Waals surface area contributed by atoms with Gasteiger partial charge in [0.1, 0.15) is 0 Å². The molecule has 0 spiro atoms. The van der Waals surface area contributed by atoms with E-state index in [0.717, 1.165) is 27.7 Å². The van der Waals surface area contributed by atoms with Crippen LogP contribution in [-0.2, 0) is 10.5 Å². The fourth-order valence-corrected chi connectivity index (χ4v) is 4.88. The van der Waals surface area contributed by atoms with Crippen LogP contribution >= 0.6 is 34.7 Å². The average molecular weight is 403 g/mol. The van der Waals surface area contributed by atoms with Gasteiger partial charge >= 0.3 is 0 Å². The van der Waals surface area contributed by atoms with Gasteiger partial charge in [-0.15, -0.1) is 23.1 Å². The first-order chi connectivity index (χ1) is 12.6. The van der Waals surface area contributed by atoms with Crippen molar-refractivity contribution in [1.82, 2.24) is 4.98 Å². The van der Waals surface area contributed by atoms with Gasteiger partial charge in [0.05, 0.1) is 11.4 Å². The Labute approximate surface area is 167 Å². The van der Waals surface area contributed by atoms with Crippen molar-refractivity contribution in [2.45, 2.75) is 24.9 Å². The molecule has 0 aliphatic heterocycles. The maximum absolute atomic E-state index is 12.1. The summed E-state index contributed by atoms with van der Waals surface area (Å²) in [4.78, 5) is 18.4. The second-order valence-electron chi connectivity index (χ2n) is 5.79. The Balaban J connectivity index is 1.71. The van der Waals surface area contributed by atoms with E-state index < -0.39 is 0 Å². The third kappa shape index (κ3) is 4.47. The standard InChI is InChI=1S/C20H19ClN2OS2/c1-14(18-10-6-7-11-19(18)21)25-12-16-13-26-20(22-16)23(15(2)24)17-8-4-3-5-9-17/h3-11,13-14H,12H2,1-2H3. The number of halogens is 1. The van der Waals surface area contributed by atoms with E-state index in [9.17, 15) is 4.79 Å². The molecule has 6 heteroatoms. The van der Waals surface area contributed by atoms with Crippen LogP contribution in [0.3, 0.4) is 0 Å². The van der Waals surface area contributed by atoms with Crippen LogP contribution < -0.4 is 4.90 Å². The van der Waals surface area contributed by atoms with Gasteiger partial charge in [-0.25, -0.2) is 4.98 Å². The number of carbonyl (C=O) groups excluding carboxylic acids is 1. The number of thioether (sulfide) groups is 1. The smallest absolute Gasteiger partial charge is 0.230 e. The summed E-state index contributed by atoms with van der Waals surface area (Å²) >= 11 is 9.55. The summed E-state index contributed by atoms with van der Waals surface area (Å²) in [5.41, 5.74) is 2.93.